The van der Waals surface area contributed by atoms with E-state index in [0.717, 1.165) is 11.4 Å². The summed E-state index contributed by atoms with van der Waals surface area (Å²) in [5, 5.41) is 4.20. The first kappa shape index (κ1) is 13.8. The number of hydrogen-bond acceptors (Lipinski definition) is 3. The molecule has 0 aromatic heterocycles. The Bertz CT molecular complexity index is 588. The maximum Gasteiger partial charge on any atom is 0.144 e. The number of hydrogen-bond donors (Lipinski definition) is 2. The van der Waals surface area contributed by atoms with Gasteiger partial charge in [0.15, 0.2) is 0 Å². The summed E-state index contributed by atoms with van der Waals surface area (Å²) < 4.78 is 5.45. The van der Waals surface area contributed by atoms with Gasteiger partial charge in [-0.05, 0) is 37.3 Å². The third-order valence-electron chi connectivity index (χ3n) is 2.56. The van der Waals surface area contributed by atoms with Crippen LogP contribution in [-0.4, -0.2) is 6.61 Å². The maximum atomic E-state index is 6.04. The lowest BCUT2D eigenvalue weighted by molar-refractivity contribution is 0.342. The van der Waals surface area contributed by atoms with Crippen LogP contribution in [0.3, 0.4) is 0 Å². The van der Waals surface area contributed by atoms with Gasteiger partial charge < -0.3 is 15.8 Å². The Kier molecular flexibility index (Phi) is 4.40. The largest absolute Gasteiger partial charge is 0.492 e. The quantitative estimate of drug-likeness (QED) is 0.803. The van der Waals surface area contributed by atoms with E-state index in [2.05, 4.69) is 5.32 Å². The van der Waals surface area contributed by atoms with Crippen LogP contribution in [-0.2, 0) is 0 Å². The van der Waals surface area contributed by atoms with Crippen molar-refractivity contribution in [2.75, 3.05) is 17.7 Å². The van der Waals surface area contributed by atoms with Crippen LogP contribution in [0.5, 0.6) is 5.75 Å². The highest BCUT2D eigenvalue weighted by molar-refractivity contribution is 6.42. The molecule has 19 heavy (non-hydrogen) atoms. The summed E-state index contributed by atoms with van der Waals surface area (Å²) in [5.41, 5.74) is 8.19. The van der Waals surface area contributed by atoms with Gasteiger partial charge in [0.05, 0.1) is 28.0 Å². The molecule has 0 atom stereocenters. The summed E-state index contributed by atoms with van der Waals surface area (Å²) in [5.74, 6) is 0.660. The first-order chi connectivity index (χ1) is 9.11. The van der Waals surface area contributed by atoms with E-state index < -0.39 is 0 Å². The van der Waals surface area contributed by atoms with Crippen molar-refractivity contribution in [1.82, 2.24) is 0 Å². The third kappa shape index (κ3) is 3.25. The highest BCUT2D eigenvalue weighted by Crippen LogP contribution is 2.33. The minimum absolute atomic E-state index is 0.492. The number of para-hydroxylation sites is 1. The molecule has 0 saturated heterocycles. The number of benzene rings is 2. The Morgan fingerprint density at radius 1 is 1.16 bits per heavy atom. The number of halogens is 2. The number of nitrogens with two attached hydrogens (primary N) is 1. The molecule has 0 unspecified atom stereocenters. The summed E-state index contributed by atoms with van der Waals surface area (Å²) in [7, 11) is 0. The maximum absolute atomic E-state index is 6.04. The highest BCUT2D eigenvalue weighted by atomic mass is 35.5. The minimum atomic E-state index is 0.492. The van der Waals surface area contributed by atoms with Crippen LogP contribution in [0.2, 0.25) is 10.0 Å². The van der Waals surface area contributed by atoms with Gasteiger partial charge in [0, 0.05) is 5.69 Å². The molecular weight excluding hydrogens is 283 g/mol. The van der Waals surface area contributed by atoms with Crippen LogP contribution in [0.15, 0.2) is 36.4 Å². The number of nitrogens with one attached hydrogen (secondary N) is 1. The van der Waals surface area contributed by atoms with Crippen molar-refractivity contribution in [3.8, 4) is 5.75 Å². The zero-order chi connectivity index (χ0) is 13.8. The molecule has 0 fully saturated rings. The second-order valence-corrected chi connectivity index (χ2v) is 4.72. The van der Waals surface area contributed by atoms with E-state index in [9.17, 15) is 0 Å². The van der Waals surface area contributed by atoms with Gasteiger partial charge in [0.1, 0.15) is 5.75 Å². The van der Waals surface area contributed by atoms with Crippen molar-refractivity contribution in [2.24, 2.45) is 0 Å². The van der Waals surface area contributed by atoms with E-state index in [1.165, 1.54) is 0 Å². The molecule has 2 aromatic carbocycles. The average Bonchev–Trinajstić information content (AvgIpc) is 2.39. The van der Waals surface area contributed by atoms with Crippen LogP contribution in [0, 0.1) is 0 Å². The molecule has 0 aliphatic rings. The fourth-order valence-corrected chi connectivity index (χ4v) is 1.96. The topological polar surface area (TPSA) is 47.3 Å². The SMILES string of the molecule is CCOc1cccc(Nc2ccc(Cl)c(Cl)c2)c1N. The molecule has 2 rings (SSSR count). The van der Waals surface area contributed by atoms with E-state index >= 15 is 0 Å². The lowest BCUT2D eigenvalue weighted by Crippen LogP contribution is -2.01. The lowest BCUT2D eigenvalue weighted by Gasteiger charge is -2.13. The van der Waals surface area contributed by atoms with Crippen molar-refractivity contribution < 1.29 is 4.74 Å². The van der Waals surface area contributed by atoms with Crippen molar-refractivity contribution in [2.45, 2.75) is 6.92 Å². The molecule has 0 spiro atoms. The zero-order valence-electron chi connectivity index (χ0n) is 10.4. The molecule has 0 aliphatic carbocycles. The smallest absolute Gasteiger partial charge is 0.144 e. The Hall–Kier alpha value is -1.58. The van der Waals surface area contributed by atoms with Gasteiger partial charge in [-0.25, -0.2) is 0 Å². The Morgan fingerprint density at radius 2 is 1.95 bits per heavy atom. The van der Waals surface area contributed by atoms with Crippen LogP contribution in [0.25, 0.3) is 0 Å². The van der Waals surface area contributed by atoms with Gasteiger partial charge >= 0.3 is 0 Å². The molecule has 2 aromatic rings. The third-order valence-corrected chi connectivity index (χ3v) is 3.30. The molecule has 0 aliphatic heterocycles. The Morgan fingerprint density at radius 3 is 2.63 bits per heavy atom. The van der Waals surface area contributed by atoms with Crippen LogP contribution in [0.1, 0.15) is 6.92 Å². The number of rotatable bonds is 4. The number of ether oxygens (including phenoxy) is 1. The van der Waals surface area contributed by atoms with Gasteiger partial charge in [0.2, 0.25) is 0 Å². The van der Waals surface area contributed by atoms with Gasteiger partial charge in [-0.2, -0.15) is 0 Å². The molecule has 100 valence electrons. The second kappa shape index (κ2) is 6.04. The predicted octanol–water partition coefficient (Wildman–Crippen LogP) is 4.72. The van der Waals surface area contributed by atoms with Gasteiger partial charge in [0.25, 0.3) is 0 Å². The molecule has 3 N–H and O–H groups in total. The summed E-state index contributed by atoms with van der Waals surface area (Å²) >= 11 is 11.8. The van der Waals surface area contributed by atoms with Crippen molar-refractivity contribution in [3.63, 3.8) is 0 Å². The van der Waals surface area contributed by atoms with Crippen molar-refractivity contribution in [3.05, 3.63) is 46.4 Å². The second-order valence-electron chi connectivity index (χ2n) is 3.90. The Balaban J connectivity index is 2.27. The van der Waals surface area contributed by atoms with Crippen LogP contribution < -0.4 is 15.8 Å². The Labute approximate surface area is 122 Å². The first-order valence-corrected chi connectivity index (χ1v) is 6.60. The summed E-state index contributed by atoms with van der Waals surface area (Å²) in [6.45, 7) is 2.49. The van der Waals surface area contributed by atoms with Crippen LogP contribution >= 0.6 is 23.2 Å². The summed E-state index contributed by atoms with van der Waals surface area (Å²) in [6, 6.07) is 10.9. The van der Waals surface area contributed by atoms with Gasteiger partial charge in [-0.1, -0.05) is 29.3 Å². The first-order valence-electron chi connectivity index (χ1n) is 5.85. The monoisotopic (exact) mass is 296 g/mol. The van der Waals surface area contributed by atoms with Crippen molar-refractivity contribution >= 4 is 40.3 Å². The summed E-state index contributed by atoms with van der Waals surface area (Å²) in [4.78, 5) is 0. The fraction of sp³-hybridized carbons (Fsp3) is 0.143. The fourth-order valence-electron chi connectivity index (χ4n) is 1.66. The summed E-state index contributed by atoms with van der Waals surface area (Å²) in [6.07, 6.45) is 0. The van der Waals surface area contributed by atoms with E-state index in [1.807, 2.05) is 31.2 Å². The molecule has 0 radical (unpaired) electrons. The molecule has 0 bridgehead atoms. The lowest BCUT2D eigenvalue weighted by atomic mass is 10.2. The van der Waals surface area contributed by atoms with Crippen LogP contribution in [0.4, 0.5) is 17.1 Å². The number of anilines is 3. The van der Waals surface area contributed by atoms with E-state index in [0.29, 0.717) is 28.1 Å². The zero-order valence-corrected chi connectivity index (χ0v) is 11.9. The predicted molar refractivity (Wildman–Crippen MR) is 81.8 cm³/mol. The normalized spacial score (nSPS) is 10.3. The molecular formula is C14H14Cl2N2O. The molecule has 0 amide bonds. The van der Waals surface area contributed by atoms with Gasteiger partial charge in [-0.3, -0.25) is 0 Å². The van der Waals surface area contributed by atoms with E-state index in [-0.39, 0.29) is 0 Å². The number of nitrogen functional groups attached to an aromatic ring is 1. The standard InChI is InChI=1S/C14H14Cl2N2O/c1-2-19-13-5-3-4-12(14(13)17)18-9-6-7-10(15)11(16)8-9/h3-8,18H,2,17H2,1H3. The van der Waals surface area contributed by atoms with E-state index in [4.69, 9.17) is 33.7 Å². The minimum Gasteiger partial charge on any atom is -0.492 e. The van der Waals surface area contributed by atoms with E-state index in [1.54, 1.807) is 12.1 Å². The molecule has 3 nitrogen and oxygen atoms in total. The molecule has 0 heterocycles. The van der Waals surface area contributed by atoms with Crippen molar-refractivity contribution in [1.29, 1.82) is 0 Å². The average molecular weight is 297 g/mol. The molecule has 5 heteroatoms. The highest BCUT2D eigenvalue weighted by Gasteiger charge is 2.06. The van der Waals surface area contributed by atoms with Gasteiger partial charge in [-0.15, -0.1) is 0 Å². The molecule has 0 saturated carbocycles.